The molecule has 3 nitrogen and oxygen atoms in total. The van der Waals surface area contributed by atoms with Gasteiger partial charge in [0.15, 0.2) is 0 Å². The highest BCUT2D eigenvalue weighted by molar-refractivity contribution is 6.30. The van der Waals surface area contributed by atoms with Crippen LogP contribution in [0.5, 0.6) is 0 Å². The number of hydrazine groups is 1. The maximum Gasteiger partial charge on any atom is 0.273 e. The number of nitrogens with one attached hydrogen (secondary N) is 1. The van der Waals surface area contributed by atoms with E-state index in [1.54, 1.807) is 29.3 Å². The molecule has 3 aromatic carbocycles. The summed E-state index contributed by atoms with van der Waals surface area (Å²) in [5, 5.41) is 2.89. The number of nitrogens with zero attached hydrogens (tertiary/aromatic N) is 1. The summed E-state index contributed by atoms with van der Waals surface area (Å²) in [6.45, 7) is 0. The molecule has 1 aliphatic heterocycles. The molecule has 5 heteroatoms. The molecule has 0 aliphatic carbocycles. The number of hydrogen-bond donors (Lipinski definition) is 1. The number of benzene rings is 3. The Balaban J connectivity index is 1.71. The molecule has 0 unspecified atom stereocenters. The van der Waals surface area contributed by atoms with Crippen molar-refractivity contribution in [2.75, 3.05) is 0 Å². The summed E-state index contributed by atoms with van der Waals surface area (Å²) in [6, 6.07) is 24.1. The fourth-order valence-corrected chi connectivity index (χ4v) is 3.31. The third-order valence-corrected chi connectivity index (χ3v) is 4.95. The van der Waals surface area contributed by atoms with Gasteiger partial charge in [0, 0.05) is 15.6 Å². The van der Waals surface area contributed by atoms with E-state index in [-0.39, 0.29) is 11.9 Å². The standard InChI is InChI=1S/C22H16Cl2N2O/c23-18-10-6-16(7-11-18)21-14-20(15-4-2-1-3-5-15)25-26(21)22(27)17-8-12-19(24)13-9-17/h1-14,21,25H/t21-/m0/s1. The van der Waals surface area contributed by atoms with E-state index in [4.69, 9.17) is 23.2 Å². The Morgan fingerprint density at radius 3 is 2.04 bits per heavy atom. The lowest BCUT2D eigenvalue weighted by molar-refractivity contribution is 0.0672. The van der Waals surface area contributed by atoms with E-state index in [0.717, 1.165) is 16.8 Å². The lowest BCUT2D eigenvalue weighted by Crippen LogP contribution is -2.39. The van der Waals surface area contributed by atoms with Gasteiger partial charge in [0.1, 0.15) is 0 Å². The van der Waals surface area contributed by atoms with Crippen LogP contribution in [0.25, 0.3) is 5.70 Å². The SMILES string of the molecule is O=C(c1ccc(Cl)cc1)N1NC(c2ccccc2)=C[C@H]1c1ccc(Cl)cc1. The van der Waals surface area contributed by atoms with Gasteiger partial charge in [-0.2, -0.15) is 0 Å². The van der Waals surface area contributed by atoms with Crippen LogP contribution in [0.1, 0.15) is 27.5 Å². The van der Waals surface area contributed by atoms with Crippen molar-refractivity contribution in [2.45, 2.75) is 6.04 Å². The lowest BCUT2D eigenvalue weighted by atomic mass is 10.0. The second-order valence-corrected chi connectivity index (χ2v) is 7.11. The normalized spacial score (nSPS) is 16.0. The molecule has 3 aromatic rings. The third-order valence-electron chi connectivity index (χ3n) is 4.45. The van der Waals surface area contributed by atoms with Gasteiger partial charge in [-0.3, -0.25) is 10.2 Å². The molecule has 0 saturated carbocycles. The van der Waals surface area contributed by atoms with E-state index in [1.165, 1.54) is 0 Å². The van der Waals surface area contributed by atoms with Crippen LogP contribution in [0.15, 0.2) is 84.9 Å². The molecular weight excluding hydrogens is 379 g/mol. The fourth-order valence-electron chi connectivity index (χ4n) is 3.06. The van der Waals surface area contributed by atoms with Crippen LogP contribution in [-0.2, 0) is 0 Å². The first-order valence-electron chi connectivity index (χ1n) is 8.50. The lowest BCUT2D eigenvalue weighted by Gasteiger charge is -2.25. The van der Waals surface area contributed by atoms with E-state index in [0.29, 0.717) is 15.6 Å². The molecule has 0 saturated heterocycles. The number of halogens is 2. The zero-order valence-electron chi connectivity index (χ0n) is 14.3. The minimum Gasteiger partial charge on any atom is -0.295 e. The van der Waals surface area contributed by atoms with Gasteiger partial charge < -0.3 is 0 Å². The molecule has 1 heterocycles. The predicted octanol–water partition coefficient (Wildman–Crippen LogP) is 5.74. The van der Waals surface area contributed by atoms with Crippen LogP contribution in [0.3, 0.4) is 0 Å². The van der Waals surface area contributed by atoms with Gasteiger partial charge in [-0.05, 0) is 53.6 Å². The molecule has 1 atom stereocenters. The summed E-state index contributed by atoms with van der Waals surface area (Å²) >= 11 is 12.0. The van der Waals surface area contributed by atoms with Crippen LogP contribution in [-0.4, -0.2) is 10.9 Å². The Kier molecular flexibility index (Phi) is 4.88. The number of carbonyl (C=O) groups excluding carboxylic acids is 1. The first kappa shape index (κ1) is 17.7. The summed E-state index contributed by atoms with van der Waals surface area (Å²) in [5.41, 5.74) is 6.70. The highest BCUT2D eigenvalue weighted by Gasteiger charge is 2.31. The Bertz CT molecular complexity index is 983. The summed E-state index contributed by atoms with van der Waals surface area (Å²) < 4.78 is 0. The van der Waals surface area contributed by atoms with Gasteiger partial charge >= 0.3 is 0 Å². The third kappa shape index (κ3) is 3.70. The number of hydrogen-bond acceptors (Lipinski definition) is 2. The van der Waals surface area contributed by atoms with Crippen LogP contribution in [0.2, 0.25) is 10.0 Å². The zero-order valence-corrected chi connectivity index (χ0v) is 15.8. The monoisotopic (exact) mass is 394 g/mol. The van der Waals surface area contributed by atoms with Gasteiger partial charge in [-0.25, -0.2) is 5.01 Å². The number of rotatable bonds is 3. The summed E-state index contributed by atoms with van der Waals surface area (Å²) in [6.07, 6.45) is 2.05. The molecule has 1 N–H and O–H groups in total. The quantitative estimate of drug-likeness (QED) is 0.614. The molecular formula is C22H16Cl2N2O. The van der Waals surface area contributed by atoms with Crippen LogP contribution in [0.4, 0.5) is 0 Å². The molecule has 1 amide bonds. The Morgan fingerprint density at radius 2 is 1.41 bits per heavy atom. The van der Waals surface area contributed by atoms with Crippen LogP contribution in [0, 0.1) is 0 Å². The first-order chi connectivity index (χ1) is 13.1. The van der Waals surface area contributed by atoms with Gasteiger partial charge in [0.25, 0.3) is 5.91 Å². The Labute approximate surface area is 167 Å². The Hall–Kier alpha value is -2.75. The molecule has 4 rings (SSSR count). The first-order valence-corrected chi connectivity index (χ1v) is 9.26. The fraction of sp³-hybridized carbons (Fsp3) is 0.0455. The number of carbonyl (C=O) groups is 1. The highest BCUT2D eigenvalue weighted by atomic mass is 35.5. The van der Waals surface area contributed by atoms with Gasteiger partial charge in [0.05, 0.1) is 11.7 Å². The van der Waals surface area contributed by atoms with E-state index in [1.807, 2.05) is 60.7 Å². The van der Waals surface area contributed by atoms with E-state index in [2.05, 4.69) is 5.43 Å². The van der Waals surface area contributed by atoms with Crippen molar-refractivity contribution in [3.8, 4) is 0 Å². The van der Waals surface area contributed by atoms with Crippen LogP contribution < -0.4 is 5.43 Å². The summed E-state index contributed by atoms with van der Waals surface area (Å²) in [5.74, 6) is -0.131. The molecule has 0 bridgehead atoms. The molecule has 0 spiro atoms. The number of amides is 1. The maximum atomic E-state index is 13.1. The van der Waals surface area contributed by atoms with Crippen LogP contribution >= 0.6 is 23.2 Å². The largest absolute Gasteiger partial charge is 0.295 e. The van der Waals surface area contributed by atoms with Crippen molar-refractivity contribution in [2.24, 2.45) is 0 Å². The second-order valence-electron chi connectivity index (χ2n) is 6.24. The average molecular weight is 395 g/mol. The summed E-state index contributed by atoms with van der Waals surface area (Å²) in [4.78, 5) is 13.1. The molecule has 0 fully saturated rings. The Morgan fingerprint density at radius 1 is 0.815 bits per heavy atom. The topological polar surface area (TPSA) is 32.3 Å². The molecule has 0 aromatic heterocycles. The van der Waals surface area contributed by atoms with Crippen molar-refractivity contribution < 1.29 is 4.79 Å². The predicted molar refractivity (Wildman–Crippen MR) is 109 cm³/mol. The zero-order chi connectivity index (χ0) is 18.8. The smallest absolute Gasteiger partial charge is 0.273 e. The van der Waals surface area contributed by atoms with Gasteiger partial charge in [-0.15, -0.1) is 0 Å². The molecule has 27 heavy (non-hydrogen) atoms. The van der Waals surface area contributed by atoms with Crippen molar-refractivity contribution in [1.82, 2.24) is 10.4 Å². The summed E-state index contributed by atoms with van der Waals surface area (Å²) in [7, 11) is 0. The van der Waals surface area contributed by atoms with E-state index < -0.39 is 0 Å². The van der Waals surface area contributed by atoms with E-state index in [9.17, 15) is 4.79 Å². The average Bonchev–Trinajstić information content (AvgIpc) is 3.15. The van der Waals surface area contributed by atoms with E-state index >= 15 is 0 Å². The van der Waals surface area contributed by atoms with Crippen molar-refractivity contribution >= 4 is 34.8 Å². The van der Waals surface area contributed by atoms with Gasteiger partial charge in [-0.1, -0.05) is 65.7 Å². The highest BCUT2D eigenvalue weighted by Crippen LogP contribution is 2.33. The second kappa shape index (κ2) is 7.47. The van der Waals surface area contributed by atoms with Crippen molar-refractivity contribution in [1.29, 1.82) is 0 Å². The van der Waals surface area contributed by atoms with Gasteiger partial charge in [0.2, 0.25) is 0 Å². The molecule has 1 aliphatic rings. The van der Waals surface area contributed by atoms with Crippen molar-refractivity contribution in [3.05, 3.63) is 112 Å². The minimum atomic E-state index is -0.249. The van der Waals surface area contributed by atoms with Crippen molar-refractivity contribution in [3.63, 3.8) is 0 Å². The minimum absolute atomic E-state index is 0.131. The molecule has 134 valence electrons. The molecule has 0 radical (unpaired) electrons. The maximum absolute atomic E-state index is 13.1.